The molecule has 0 bridgehead atoms. The molecule has 0 N–H and O–H groups in total. The summed E-state index contributed by atoms with van der Waals surface area (Å²) in [6.45, 7) is 6.63. The van der Waals surface area contributed by atoms with Gasteiger partial charge in [-0.1, -0.05) is 63.2 Å². The molecular formula is C20H21NS. The monoisotopic (exact) mass is 307 g/mol. The third-order valence-corrected chi connectivity index (χ3v) is 5.05. The Kier molecular flexibility index (Phi) is 4.39. The van der Waals surface area contributed by atoms with Gasteiger partial charge in [-0.15, -0.1) is 11.3 Å². The van der Waals surface area contributed by atoms with Crippen molar-refractivity contribution in [1.82, 2.24) is 4.98 Å². The first-order valence-corrected chi connectivity index (χ1v) is 8.64. The first kappa shape index (κ1) is 15.0. The molecule has 0 fully saturated rings. The fourth-order valence-electron chi connectivity index (χ4n) is 2.50. The summed E-state index contributed by atoms with van der Waals surface area (Å²) >= 11 is 1.76. The van der Waals surface area contributed by atoms with E-state index in [2.05, 4.69) is 74.3 Å². The number of hydrogen-bond acceptors (Lipinski definition) is 2. The van der Waals surface area contributed by atoms with Crippen LogP contribution in [-0.4, -0.2) is 4.98 Å². The van der Waals surface area contributed by atoms with Crippen molar-refractivity contribution in [2.45, 2.75) is 33.1 Å². The summed E-state index contributed by atoms with van der Waals surface area (Å²) in [7, 11) is 0. The second-order valence-electron chi connectivity index (χ2n) is 5.86. The van der Waals surface area contributed by atoms with Crippen LogP contribution in [0.1, 0.15) is 37.8 Å². The molecule has 2 heteroatoms. The van der Waals surface area contributed by atoms with Gasteiger partial charge in [0.15, 0.2) is 0 Å². The summed E-state index contributed by atoms with van der Waals surface area (Å²) in [6.07, 6.45) is 3.05. The van der Waals surface area contributed by atoms with E-state index in [1.165, 1.54) is 27.1 Å². The van der Waals surface area contributed by atoms with E-state index in [1.54, 1.807) is 11.3 Å². The smallest absolute Gasteiger partial charge is 0.123 e. The predicted octanol–water partition coefficient (Wildman–Crippen LogP) is 6.16. The summed E-state index contributed by atoms with van der Waals surface area (Å²) in [4.78, 5) is 5.84. The minimum Gasteiger partial charge on any atom is -0.244 e. The highest BCUT2D eigenvalue weighted by molar-refractivity contribution is 7.18. The number of hydrogen-bond donors (Lipinski definition) is 0. The van der Waals surface area contributed by atoms with Crippen LogP contribution >= 0.6 is 11.3 Å². The summed E-state index contributed by atoms with van der Waals surface area (Å²) in [5.74, 6) is 0.572. The molecule has 0 spiro atoms. The van der Waals surface area contributed by atoms with Crippen molar-refractivity contribution in [2.75, 3.05) is 0 Å². The Morgan fingerprint density at radius 3 is 2.45 bits per heavy atom. The van der Waals surface area contributed by atoms with Crippen molar-refractivity contribution in [3.63, 3.8) is 0 Å². The van der Waals surface area contributed by atoms with E-state index in [4.69, 9.17) is 0 Å². The molecule has 1 nitrogen and oxygen atoms in total. The molecular weight excluding hydrogens is 286 g/mol. The van der Waals surface area contributed by atoms with Crippen LogP contribution in [0.15, 0.2) is 54.7 Å². The van der Waals surface area contributed by atoms with Crippen LogP contribution in [-0.2, 0) is 6.42 Å². The van der Waals surface area contributed by atoms with Gasteiger partial charge in [0.05, 0.1) is 4.88 Å². The van der Waals surface area contributed by atoms with E-state index in [-0.39, 0.29) is 0 Å². The highest BCUT2D eigenvalue weighted by Crippen LogP contribution is 2.33. The third-order valence-electron chi connectivity index (χ3n) is 3.95. The molecule has 0 aliphatic rings. The fraction of sp³-hybridized carbons (Fsp3) is 0.250. The lowest BCUT2D eigenvalue weighted by atomic mass is 10.0. The third kappa shape index (κ3) is 3.12. The van der Waals surface area contributed by atoms with Crippen LogP contribution in [0.3, 0.4) is 0 Å². The van der Waals surface area contributed by atoms with Gasteiger partial charge < -0.3 is 0 Å². The molecule has 0 saturated carbocycles. The molecule has 1 heterocycles. The Bertz CT molecular complexity index is 753. The first-order valence-electron chi connectivity index (χ1n) is 7.83. The lowest BCUT2D eigenvalue weighted by Gasteiger charge is -2.05. The van der Waals surface area contributed by atoms with Crippen LogP contribution in [0.5, 0.6) is 0 Å². The molecule has 0 unspecified atom stereocenters. The van der Waals surface area contributed by atoms with E-state index in [1.807, 2.05) is 6.20 Å². The van der Waals surface area contributed by atoms with E-state index in [0.717, 1.165) is 11.4 Å². The second-order valence-corrected chi connectivity index (χ2v) is 6.89. The van der Waals surface area contributed by atoms with Gasteiger partial charge in [-0.2, -0.15) is 0 Å². The number of aromatic nitrogens is 1. The molecule has 0 aliphatic carbocycles. The molecule has 22 heavy (non-hydrogen) atoms. The standard InChI is InChI=1S/C20H21NS/c1-4-15-6-5-7-18(12-15)20-21-13-19(22-20)17-10-8-16(9-11-17)14(2)3/h5-14H,4H2,1-3H3. The number of thiazole rings is 1. The van der Waals surface area contributed by atoms with Gasteiger partial charge in [0.25, 0.3) is 0 Å². The Hall–Kier alpha value is -1.93. The van der Waals surface area contributed by atoms with Gasteiger partial charge in [0.1, 0.15) is 5.01 Å². The predicted molar refractivity (Wildman–Crippen MR) is 96.5 cm³/mol. The maximum absolute atomic E-state index is 4.61. The number of rotatable bonds is 4. The summed E-state index contributed by atoms with van der Waals surface area (Å²) in [5, 5.41) is 1.10. The Labute approximate surface area is 136 Å². The van der Waals surface area contributed by atoms with Crippen LogP contribution in [0.25, 0.3) is 21.0 Å². The van der Waals surface area contributed by atoms with Crippen LogP contribution in [0.4, 0.5) is 0 Å². The summed E-state index contributed by atoms with van der Waals surface area (Å²) in [6, 6.07) is 17.5. The van der Waals surface area contributed by atoms with Crippen molar-refractivity contribution in [3.05, 3.63) is 65.9 Å². The average Bonchev–Trinajstić information content (AvgIpc) is 3.05. The maximum atomic E-state index is 4.61. The van der Waals surface area contributed by atoms with Crippen molar-refractivity contribution in [3.8, 4) is 21.0 Å². The molecule has 0 saturated heterocycles. The second kappa shape index (κ2) is 6.45. The normalized spacial score (nSPS) is 11.1. The van der Waals surface area contributed by atoms with Crippen molar-refractivity contribution < 1.29 is 0 Å². The van der Waals surface area contributed by atoms with Gasteiger partial charge in [0, 0.05) is 11.8 Å². The molecule has 3 aromatic rings. The van der Waals surface area contributed by atoms with Crippen molar-refractivity contribution in [1.29, 1.82) is 0 Å². The average molecular weight is 307 g/mol. The number of nitrogens with zero attached hydrogens (tertiary/aromatic N) is 1. The number of benzene rings is 2. The van der Waals surface area contributed by atoms with E-state index in [9.17, 15) is 0 Å². The molecule has 1 aromatic heterocycles. The molecule has 112 valence electrons. The fourth-order valence-corrected chi connectivity index (χ4v) is 3.42. The maximum Gasteiger partial charge on any atom is 0.123 e. The zero-order valence-electron chi connectivity index (χ0n) is 13.3. The van der Waals surface area contributed by atoms with Crippen LogP contribution < -0.4 is 0 Å². The van der Waals surface area contributed by atoms with Gasteiger partial charge in [-0.25, -0.2) is 4.98 Å². The lowest BCUT2D eigenvalue weighted by Crippen LogP contribution is -1.85. The molecule has 2 aromatic carbocycles. The van der Waals surface area contributed by atoms with Crippen molar-refractivity contribution in [2.24, 2.45) is 0 Å². The zero-order chi connectivity index (χ0) is 15.5. The highest BCUT2D eigenvalue weighted by Gasteiger charge is 2.08. The molecule has 3 rings (SSSR count). The largest absolute Gasteiger partial charge is 0.244 e. The van der Waals surface area contributed by atoms with Crippen LogP contribution in [0, 0.1) is 0 Å². The first-order chi connectivity index (χ1) is 10.7. The molecule has 0 amide bonds. The topological polar surface area (TPSA) is 12.9 Å². The van der Waals surface area contributed by atoms with Gasteiger partial charge in [0.2, 0.25) is 0 Å². The molecule has 0 radical (unpaired) electrons. The van der Waals surface area contributed by atoms with E-state index >= 15 is 0 Å². The van der Waals surface area contributed by atoms with Gasteiger partial charge >= 0.3 is 0 Å². The van der Waals surface area contributed by atoms with Crippen LogP contribution in [0.2, 0.25) is 0 Å². The van der Waals surface area contributed by atoms with Gasteiger partial charge in [-0.05, 0) is 35.1 Å². The lowest BCUT2D eigenvalue weighted by molar-refractivity contribution is 0.867. The van der Waals surface area contributed by atoms with Gasteiger partial charge in [-0.3, -0.25) is 0 Å². The minimum absolute atomic E-state index is 0.572. The minimum atomic E-state index is 0.572. The summed E-state index contributed by atoms with van der Waals surface area (Å²) in [5.41, 5.74) is 5.20. The zero-order valence-corrected chi connectivity index (χ0v) is 14.2. The molecule has 0 atom stereocenters. The summed E-state index contributed by atoms with van der Waals surface area (Å²) < 4.78 is 0. The highest BCUT2D eigenvalue weighted by atomic mass is 32.1. The Balaban J connectivity index is 1.89. The van der Waals surface area contributed by atoms with Crippen molar-refractivity contribution >= 4 is 11.3 Å². The SMILES string of the molecule is CCc1cccc(-c2ncc(-c3ccc(C(C)C)cc3)s2)c1. The van der Waals surface area contributed by atoms with E-state index < -0.39 is 0 Å². The quantitative estimate of drug-likeness (QED) is 0.562. The Morgan fingerprint density at radius 1 is 1.00 bits per heavy atom. The van der Waals surface area contributed by atoms with E-state index in [0.29, 0.717) is 5.92 Å². The number of aryl methyl sites for hydroxylation is 1. The molecule has 0 aliphatic heterocycles. The Morgan fingerprint density at radius 2 is 1.77 bits per heavy atom.